The van der Waals surface area contributed by atoms with Crippen LogP contribution in [0.15, 0.2) is 48.5 Å². The van der Waals surface area contributed by atoms with Crippen molar-refractivity contribution < 1.29 is 19.4 Å². The van der Waals surface area contributed by atoms with E-state index in [-0.39, 0.29) is 13.2 Å². The zero-order chi connectivity index (χ0) is 15.1. The minimum Gasteiger partial charge on any atom is -0.494 e. The molecule has 0 saturated carbocycles. The fourth-order valence-electron chi connectivity index (χ4n) is 1.93. The third-order valence-electron chi connectivity index (χ3n) is 2.94. The van der Waals surface area contributed by atoms with Crippen LogP contribution in [0.1, 0.15) is 17.3 Å². The zero-order valence-corrected chi connectivity index (χ0v) is 11.9. The molecule has 2 aromatic rings. The van der Waals surface area contributed by atoms with Gasteiger partial charge in [0.1, 0.15) is 12.4 Å². The van der Waals surface area contributed by atoms with Gasteiger partial charge in [-0.2, -0.15) is 0 Å². The Morgan fingerprint density at radius 3 is 2.10 bits per heavy atom. The van der Waals surface area contributed by atoms with E-state index in [9.17, 15) is 4.79 Å². The molecule has 0 radical (unpaired) electrons. The number of ether oxygens (including phenoxy) is 2. The van der Waals surface area contributed by atoms with Crippen LogP contribution in [-0.2, 0) is 4.74 Å². The first-order valence-corrected chi connectivity index (χ1v) is 6.86. The van der Waals surface area contributed by atoms with E-state index in [0.717, 1.165) is 16.9 Å². The van der Waals surface area contributed by atoms with Crippen LogP contribution < -0.4 is 4.74 Å². The molecule has 1 N–H and O–H groups in total. The molecule has 0 aliphatic carbocycles. The zero-order valence-electron chi connectivity index (χ0n) is 11.9. The second kappa shape index (κ2) is 7.45. The number of carbonyl (C=O) groups is 1. The number of carbonyl (C=O) groups excluding carboxylic acids is 1. The summed E-state index contributed by atoms with van der Waals surface area (Å²) >= 11 is 0. The molecule has 0 fully saturated rings. The Morgan fingerprint density at radius 2 is 1.57 bits per heavy atom. The highest BCUT2D eigenvalue weighted by Crippen LogP contribution is 2.23. The van der Waals surface area contributed by atoms with Crippen LogP contribution in [-0.4, -0.2) is 30.9 Å². The fourth-order valence-corrected chi connectivity index (χ4v) is 1.93. The van der Waals surface area contributed by atoms with Crippen LogP contribution in [0, 0.1) is 0 Å². The first kappa shape index (κ1) is 15.1. The topological polar surface area (TPSA) is 55.8 Å². The minimum absolute atomic E-state index is 0.0134. The van der Waals surface area contributed by atoms with Gasteiger partial charge in [0, 0.05) is 0 Å². The van der Waals surface area contributed by atoms with Gasteiger partial charge in [0.05, 0.1) is 18.8 Å². The van der Waals surface area contributed by atoms with Crippen LogP contribution in [0.4, 0.5) is 0 Å². The lowest BCUT2D eigenvalue weighted by Gasteiger charge is -2.06. The van der Waals surface area contributed by atoms with Gasteiger partial charge in [-0.3, -0.25) is 0 Å². The van der Waals surface area contributed by atoms with Crippen LogP contribution >= 0.6 is 0 Å². The van der Waals surface area contributed by atoms with Crippen molar-refractivity contribution in [3.8, 4) is 16.9 Å². The monoisotopic (exact) mass is 286 g/mol. The summed E-state index contributed by atoms with van der Waals surface area (Å²) < 4.78 is 10.3. The lowest BCUT2D eigenvalue weighted by molar-refractivity contribution is 0.0434. The molecule has 0 amide bonds. The van der Waals surface area contributed by atoms with Crippen molar-refractivity contribution in [2.75, 3.05) is 19.8 Å². The Morgan fingerprint density at radius 1 is 1.00 bits per heavy atom. The summed E-state index contributed by atoms with van der Waals surface area (Å²) in [6, 6.07) is 15.0. The summed E-state index contributed by atoms with van der Waals surface area (Å²) in [4.78, 5) is 11.6. The normalized spacial score (nSPS) is 10.2. The van der Waals surface area contributed by atoms with E-state index in [4.69, 9.17) is 14.6 Å². The molecule has 0 spiro atoms. The van der Waals surface area contributed by atoms with Gasteiger partial charge >= 0.3 is 5.97 Å². The van der Waals surface area contributed by atoms with Crippen molar-refractivity contribution in [3.05, 3.63) is 54.1 Å². The van der Waals surface area contributed by atoms with Crippen LogP contribution in [0.3, 0.4) is 0 Å². The predicted molar refractivity (Wildman–Crippen MR) is 80.4 cm³/mol. The van der Waals surface area contributed by atoms with E-state index in [1.807, 2.05) is 43.3 Å². The number of benzene rings is 2. The van der Waals surface area contributed by atoms with Gasteiger partial charge in [-0.1, -0.05) is 24.3 Å². The predicted octanol–water partition coefficient (Wildman–Crippen LogP) is 2.90. The highest BCUT2D eigenvalue weighted by molar-refractivity contribution is 5.90. The quantitative estimate of drug-likeness (QED) is 0.830. The summed E-state index contributed by atoms with van der Waals surface area (Å²) in [5.74, 6) is 0.410. The molecule has 2 rings (SSSR count). The Kier molecular flexibility index (Phi) is 5.35. The summed E-state index contributed by atoms with van der Waals surface area (Å²) in [6.45, 7) is 2.43. The van der Waals surface area contributed by atoms with Crippen LogP contribution in [0.2, 0.25) is 0 Å². The molecule has 0 heterocycles. The molecule has 4 nitrogen and oxygen atoms in total. The standard InChI is InChI=1S/C17H18O4/c1-2-20-16-9-7-14(8-10-16)13-3-5-15(6-4-13)17(19)21-12-11-18/h3-10,18H,2,11-12H2,1H3. The van der Waals surface area contributed by atoms with Crippen molar-refractivity contribution in [2.45, 2.75) is 6.92 Å². The average Bonchev–Trinajstić information content (AvgIpc) is 2.54. The molecular formula is C17H18O4. The van der Waals surface area contributed by atoms with E-state index in [0.29, 0.717) is 12.2 Å². The van der Waals surface area contributed by atoms with Gasteiger partial charge in [0.2, 0.25) is 0 Å². The number of hydrogen-bond acceptors (Lipinski definition) is 4. The largest absolute Gasteiger partial charge is 0.494 e. The van der Waals surface area contributed by atoms with Crippen molar-refractivity contribution in [1.29, 1.82) is 0 Å². The van der Waals surface area contributed by atoms with E-state index >= 15 is 0 Å². The number of aliphatic hydroxyl groups is 1. The molecule has 0 aliphatic rings. The molecule has 2 aromatic carbocycles. The third kappa shape index (κ3) is 4.07. The molecule has 0 atom stereocenters. The van der Waals surface area contributed by atoms with Crippen molar-refractivity contribution in [2.24, 2.45) is 0 Å². The van der Waals surface area contributed by atoms with Crippen molar-refractivity contribution >= 4 is 5.97 Å². The smallest absolute Gasteiger partial charge is 0.338 e. The van der Waals surface area contributed by atoms with Gasteiger partial charge in [-0.15, -0.1) is 0 Å². The van der Waals surface area contributed by atoms with Crippen LogP contribution in [0.5, 0.6) is 5.75 Å². The number of esters is 1. The van der Waals surface area contributed by atoms with Gasteiger partial charge in [0.15, 0.2) is 0 Å². The molecule has 0 aromatic heterocycles. The molecule has 0 unspecified atom stereocenters. The van der Waals surface area contributed by atoms with E-state index in [1.165, 1.54) is 0 Å². The Balaban J connectivity index is 2.09. The summed E-state index contributed by atoms with van der Waals surface area (Å²) in [7, 11) is 0. The highest BCUT2D eigenvalue weighted by atomic mass is 16.5. The molecule has 0 saturated heterocycles. The second-order valence-corrected chi connectivity index (χ2v) is 4.39. The maximum absolute atomic E-state index is 11.6. The molecular weight excluding hydrogens is 268 g/mol. The summed E-state index contributed by atoms with van der Waals surface area (Å²) in [5.41, 5.74) is 2.53. The minimum atomic E-state index is -0.428. The van der Waals surface area contributed by atoms with E-state index < -0.39 is 5.97 Å². The van der Waals surface area contributed by atoms with Crippen molar-refractivity contribution in [1.82, 2.24) is 0 Å². The van der Waals surface area contributed by atoms with Gasteiger partial charge in [-0.25, -0.2) is 4.79 Å². The summed E-state index contributed by atoms with van der Waals surface area (Å²) in [6.07, 6.45) is 0. The lowest BCUT2D eigenvalue weighted by atomic mass is 10.0. The first-order chi connectivity index (χ1) is 10.2. The number of hydrogen-bond donors (Lipinski definition) is 1. The maximum Gasteiger partial charge on any atom is 0.338 e. The van der Waals surface area contributed by atoms with Crippen molar-refractivity contribution in [3.63, 3.8) is 0 Å². The molecule has 110 valence electrons. The first-order valence-electron chi connectivity index (χ1n) is 6.86. The SMILES string of the molecule is CCOc1ccc(-c2ccc(C(=O)OCCO)cc2)cc1. The van der Waals surface area contributed by atoms with Gasteiger partial charge < -0.3 is 14.6 Å². The maximum atomic E-state index is 11.6. The van der Waals surface area contributed by atoms with Crippen LogP contribution in [0.25, 0.3) is 11.1 Å². The van der Waals surface area contributed by atoms with E-state index in [2.05, 4.69) is 0 Å². The molecule has 0 bridgehead atoms. The fraction of sp³-hybridized carbons (Fsp3) is 0.235. The lowest BCUT2D eigenvalue weighted by Crippen LogP contribution is -2.08. The molecule has 0 aliphatic heterocycles. The Hall–Kier alpha value is -2.33. The second-order valence-electron chi connectivity index (χ2n) is 4.39. The highest BCUT2D eigenvalue weighted by Gasteiger charge is 2.07. The molecule has 4 heteroatoms. The summed E-state index contributed by atoms with van der Waals surface area (Å²) in [5, 5.41) is 8.63. The number of rotatable bonds is 6. The third-order valence-corrected chi connectivity index (χ3v) is 2.94. The average molecular weight is 286 g/mol. The number of aliphatic hydroxyl groups excluding tert-OH is 1. The van der Waals surface area contributed by atoms with Gasteiger partial charge in [0.25, 0.3) is 0 Å². The Labute approximate surface area is 123 Å². The van der Waals surface area contributed by atoms with Gasteiger partial charge in [-0.05, 0) is 42.3 Å². The Bertz CT molecular complexity index is 573. The van der Waals surface area contributed by atoms with E-state index in [1.54, 1.807) is 12.1 Å². The molecule has 21 heavy (non-hydrogen) atoms.